The van der Waals surface area contributed by atoms with Crippen LogP contribution in [0.2, 0.25) is 0 Å². The first kappa shape index (κ1) is 21.3. The van der Waals surface area contributed by atoms with Gasteiger partial charge in [-0.3, -0.25) is 4.90 Å². The van der Waals surface area contributed by atoms with Crippen LogP contribution in [0.1, 0.15) is 48.8 Å². The average molecular weight is 413 g/mol. The fourth-order valence-corrected chi connectivity index (χ4v) is 4.61. The van der Waals surface area contributed by atoms with Gasteiger partial charge in [-0.25, -0.2) is 0 Å². The number of aliphatic hydroxyl groups is 2. The van der Waals surface area contributed by atoms with Gasteiger partial charge in [-0.2, -0.15) is 0 Å². The minimum atomic E-state index is -0.507. The minimum absolute atomic E-state index is 0.0243. The summed E-state index contributed by atoms with van der Waals surface area (Å²) in [5.74, 6) is 0.127. The van der Waals surface area contributed by atoms with Crippen LogP contribution in [0.15, 0.2) is 48.5 Å². The molecule has 2 aliphatic rings. The Hall–Kier alpha value is -1.96. The van der Waals surface area contributed by atoms with Crippen molar-refractivity contribution in [1.82, 2.24) is 4.90 Å². The largest absolute Gasteiger partial charge is 0.399 e. The summed E-state index contributed by atoms with van der Waals surface area (Å²) in [6.45, 7) is 4.12. The lowest BCUT2D eigenvalue weighted by molar-refractivity contribution is -0.276. The summed E-state index contributed by atoms with van der Waals surface area (Å²) in [6, 6.07) is 15.8. The quantitative estimate of drug-likeness (QED) is 0.632. The second-order valence-corrected chi connectivity index (χ2v) is 8.47. The van der Waals surface area contributed by atoms with Gasteiger partial charge in [0.25, 0.3) is 0 Å². The second kappa shape index (κ2) is 9.45. The molecule has 0 saturated carbocycles. The number of ether oxygens (including phenoxy) is 2. The molecule has 1 unspecified atom stereocenters. The molecule has 0 aliphatic carbocycles. The maximum atomic E-state index is 9.73. The van der Waals surface area contributed by atoms with Gasteiger partial charge < -0.3 is 25.4 Å². The van der Waals surface area contributed by atoms with Crippen molar-refractivity contribution < 1.29 is 19.7 Å². The van der Waals surface area contributed by atoms with Crippen LogP contribution in [0.5, 0.6) is 0 Å². The van der Waals surface area contributed by atoms with Crippen molar-refractivity contribution in [3.05, 3.63) is 65.2 Å². The van der Waals surface area contributed by atoms with Gasteiger partial charge in [-0.15, -0.1) is 0 Å². The van der Waals surface area contributed by atoms with Crippen LogP contribution < -0.4 is 5.73 Å². The van der Waals surface area contributed by atoms with E-state index in [1.54, 1.807) is 0 Å². The Morgan fingerprint density at radius 1 is 1.07 bits per heavy atom. The molecule has 0 bridgehead atoms. The molecule has 4 rings (SSSR count). The van der Waals surface area contributed by atoms with E-state index in [1.165, 1.54) is 0 Å². The molecule has 0 amide bonds. The molecule has 0 aromatic heterocycles. The number of hydrogen-bond donors (Lipinski definition) is 3. The Morgan fingerprint density at radius 3 is 2.57 bits per heavy atom. The lowest BCUT2D eigenvalue weighted by atomic mass is 9.90. The number of nitrogens with two attached hydrogens (primary N) is 1. The van der Waals surface area contributed by atoms with Crippen molar-refractivity contribution in [1.29, 1.82) is 0 Å². The molecule has 2 heterocycles. The Balaban J connectivity index is 1.61. The van der Waals surface area contributed by atoms with Crippen molar-refractivity contribution in [2.45, 2.75) is 50.9 Å². The minimum Gasteiger partial charge on any atom is -0.399 e. The van der Waals surface area contributed by atoms with Gasteiger partial charge in [0.2, 0.25) is 0 Å². The van der Waals surface area contributed by atoms with Crippen LogP contribution in [0.25, 0.3) is 0 Å². The van der Waals surface area contributed by atoms with Crippen LogP contribution in [-0.2, 0) is 16.1 Å². The topological polar surface area (TPSA) is 88.2 Å². The molecule has 6 nitrogen and oxygen atoms in total. The van der Waals surface area contributed by atoms with Gasteiger partial charge in [-0.05, 0) is 42.6 Å². The third kappa shape index (κ3) is 4.53. The highest BCUT2D eigenvalue weighted by Gasteiger charge is 2.40. The molecule has 2 fully saturated rings. The number of aliphatic hydroxyl groups excluding tert-OH is 2. The molecule has 4 N–H and O–H groups in total. The van der Waals surface area contributed by atoms with E-state index in [4.69, 9.17) is 15.2 Å². The molecule has 2 aromatic rings. The summed E-state index contributed by atoms with van der Waals surface area (Å²) in [6.07, 6.45) is 1.44. The van der Waals surface area contributed by atoms with Crippen molar-refractivity contribution in [3.63, 3.8) is 0 Å². The van der Waals surface area contributed by atoms with E-state index in [2.05, 4.69) is 11.8 Å². The van der Waals surface area contributed by atoms with E-state index in [0.29, 0.717) is 5.69 Å². The van der Waals surface area contributed by atoms with Gasteiger partial charge in [0.15, 0.2) is 6.29 Å². The van der Waals surface area contributed by atoms with E-state index < -0.39 is 6.29 Å². The Bertz CT molecular complexity index is 828. The number of nitrogens with zero attached hydrogens (tertiary/aromatic N) is 1. The Kier molecular flexibility index (Phi) is 6.71. The van der Waals surface area contributed by atoms with Gasteiger partial charge in [0.1, 0.15) is 0 Å². The van der Waals surface area contributed by atoms with E-state index in [9.17, 15) is 10.2 Å². The molecule has 5 atom stereocenters. The molecular weight excluding hydrogens is 380 g/mol. The van der Waals surface area contributed by atoms with Crippen LogP contribution in [-0.4, -0.2) is 47.0 Å². The number of nitrogen functional groups attached to an aromatic ring is 1. The Morgan fingerprint density at radius 2 is 1.87 bits per heavy atom. The van der Waals surface area contributed by atoms with Crippen molar-refractivity contribution >= 4 is 5.69 Å². The summed E-state index contributed by atoms with van der Waals surface area (Å²) in [4.78, 5) is 2.34. The average Bonchev–Trinajstić information content (AvgIpc) is 3.22. The van der Waals surface area contributed by atoms with Gasteiger partial charge in [0.05, 0.1) is 25.4 Å². The predicted octanol–water partition coefficient (Wildman–Crippen LogP) is 3.01. The molecule has 0 spiro atoms. The number of hydrogen-bond acceptors (Lipinski definition) is 6. The third-order valence-electron chi connectivity index (χ3n) is 6.43. The van der Waals surface area contributed by atoms with Crippen LogP contribution in [0.4, 0.5) is 5.69 Å². The smallest absolute Gasteiger partial charge is 0.185 e. The zero-order valence-corrected chi connectivity index (χ0v) is 17.5. The summed E-state index contributed by atoms with van der Waals surface area (Å²) >= 11 is 0. The third-order valence-corrected chi connectivity index (χ3v) is 6.43. The van der Waals surface area contributed by atoms with E-state index in [1.807, 2.05) is 48.5 Å². The highest BCUT2D eigenvalue weighted by molar-refractivity contribution is 5.41. The molecule has 2 aromatic carbocycles. The van der Waals surface area contributed by atoms with Crippen LogP contribution >= 0.6 is 0 Å². The molecule has 162 valence electrons. The summed E-state index contributed by atoms with van der Waals surface area (Å²) in [7, 11) is 0. The number of rotatable bonds is 6. The Labute approximate surface area is 178 Å². The zero-order valence-electron chi connectivity index (χ0n) is 17.5. The highest BCUT2D eigenvalue weighted by atomic mass is 16.7. The fraction of sp³-hybridized carbons (Fsp3) is 0.500. The van der Waals surface area contributed by atoms with E-state index >= 15 is 0 Å². The molecular formula is C24H32N2O4. The van der Waals surface area contributed by atoms with E-state index in [0.717, 1.165) is 42.6 Å². The zero-order chi connectivity index (χ0) is 21.1. The molecule has 0 radical (unpaired) electrons. The predicted molar refractivity (Wildman–Crippen MR) is 116 cm³/mol. The van der Waals surface area contributed by atoms with Crippen molar-refractivity contribution in [2.24, 2.45) is 5.92 Å². The lowest BCUT2D eigenvalue weighted by Gasteiger charge is -2.43. The van der Waals surface area contributed by atoms with Crippen LogP contribution in [0.3, 0.4) is 0 Å². The van der Waals surface area contributed by atoms with Gasteiger partial charge >= 0.3 is 0 Å². The first-order valence-corrected chi connectivity index (χ1v) is 10.8. The molecule has 30 heavy (non-hydrogen) atoms. The summed E-state index contributed by atoms with van der Waals surface area (Å²) < 4.78 is 12.9. The monoisotopic (exact) mass is 412 g/mol. The van der Waals surface area contributed by atoms with Gasteiger partial charge in [0, 0.05) is 29.8 Å². The number of anilines is 1. The highest BCUT2D eigenvalue weighted by Crippen LogP contribution is 2.42. The van der Waals surface area contributed by atoms with Crippen LogP contribution in [0, 0.1) is 5.92 Å². The molecule has 2 aliphatic heterocycles. The first-order chi connectivity index (χ1) is 14.6. The van der Waals surface area contributed by atoms with Gasteiger partial charge in [-0.1, -0.05) is 43.3 Å². The fourth-order valence-electron chi connectivity index (χ4n) is 4.61. The summed E-state index contributed by atoms with van der Waals surface area (Å²) in [5, 5.41) is 19.1. The standard InChI is InChI=1S/C24H32N2O4/c1-16-22(13-26-11-3-6-21(26)15-28)29-24(19-4-2-5-20(25)12-19)30-23(16)18-9-7-17(14-27)8-10-18/h2,4-5,7-10,12,16,21-24,27-28H,3,6,11,13-15,25H2,1H3/t16-,21-,22+,23+,24?/m0/s1. The van der Waals surface area contributed by atoms with Crippen molar-refractivity contribution in [3.8, 4) is 0 Å². The normalized spacial score (nSPS) is 29.9. The SMILES string of the molecule is C[C@H]1[C@@H](CN2CCC[C@H]2CO)OC(c2cccc(N)c2)O[C@H]1c1ccc(CO)cc1. The maximum absolute atomic E-state index is 9.73. The second-order valence-electron chi connectivity index (χ2n) is 8.47. The number of benzene rings is 2. The first-order valence-electron chi connectivity index (χ1n) is 10.8. The van der Waals surface area contributed by atoms with E-state index in [-0.39, 0.29) is 37.4 Å². The summed E-state index contributed by atoms with van der Waals surface area (Å²) in [5.41, 5.74) is 9.54. The maximum Gasteiger partial charge on any atom is 0.185 e. The lowest BCUT2D eigenvalue weighted by Crippen LogP contribution is -2.46. The molecule has 6 heteroatoms. The molecule has 2 saturated heterocycles. The van der Waals surface area contributed by atoms with Crippen molar-refractivity contribution in [2.75, 3.05) is 25.4 Å². The number of likely N-dealkylation sites (tertiary alicyclic amines) is 1.